The second-order valence-corrected chi connectivity index (χ2v) is 5.85. The number of carbonyl (C=O) groups is 1. The second-order valence-electron chi connectivity index (χ2n) is 5.85. The molecule has 1 aromatic heterocycles. The molecule has 2 aliphatic rings. The maximum absolute atomic E-state index is 12.4. The predicted octanol–water partition coefficient (Wildman–Crippen LogP) is 1.19. The molecule has 2 aliphatic heterocycles. The van der Waals surface area contributed by atoms with Crippen LogP contribution in [-0.2, 0) is 4.74 Å². The number of nitrogens with zero attached hydrogens (tertiary/aromatic N) is 4. The van der Waals surface area contributed by atoms with E-state index in [2.05, 4.69) is 21.8 Å². The van der Waals surface area contributed by atoms with E-state index in [-0.39, 0.29) is 5.91 Å². The summed E-state index contributed by atoms with van der Waals surface area (Å²) in [7, 11) is 0. The van der Waals surface area contributed by atoms with Crippen LogP contribution in [0.25, 0.3) is 0 Å². The number of piperidine rings is 1. The highest BCUT2D eigenvalue weighted by Gasteiger charge is 2.22. The Morgan fingerprint density at radius 3 is 2.38 bits per heavy atom. The van der Waals surface area contributed by atoms with Crippen LogP contribution < -0.4 is 4.90 Å². The van der Waals surface area contributed by atoms with Crippen molar-refractivity contribution in [1.82, 2.24) is 14.9 Å². The number of ether oxygens (including phenoxy) is 1. The van der Waals surface area contributed by atoms with Crippen molar-refractivity contribution in [3.8, 4) is 0 Å². The fraction of sp³-hybridized carbons (Fsp3) is 0.667. The van der Waals surface area contributed by atoms with Gasteiger partial charge in [0.1, 0.15) is 0 Å². The standard InChI is InChI=1S/C15H22N4O2/c1-12-2-4-18(5-3-12)14(20)13-10-16-15(17-11-13)19-6-8-21-9-7-19/h10-12H,2-9H2,1H3. The summed E-state index contributed by atoms with van der Waals surface area (Å²) in [5.41, 5.74) is 0.585. The molecule has 0 aliphatic carbocycles. The van der Waals surface area contributed by atoms with Crippen LogP contribution in [0.15, 0.2) is 12.4 Å². The summed E-state index contributed by atoms with van der Waals surface area (Å²) >= 11 is 0. The molecule has 114 valence electrons. The summed E-state index contributed by atoms with van der Waals surface area (Å²) < 4.78 is 5.31. The molecule has 1 aromatic rings. The van der Waals surface area contributed by atoms with Gasteiger partial charge in [-0.05, 0) is 18.8 Å². The topological polar surface area (TPSA) is 58.6 Å². The zero-order chi connectivity index (χ0) is 14.7. The minimum Gasteiger partial charge on any atom is -0.378 e. The number of rotatable bonds is 2. The van der Waals surface area contributed by atoms with Crippen molar-refractivity contribution >= 4 is 11.9 Å². The zero-order valence-corrected chi connectivity index (χ0v) is 12.5. The molecule has 0 saturated carbocycles. The van der Waals surface area contributed by atoms with Crippen LogP contribution in [0.3, 0.4) is 0 Å². The van der Waals surface area contributed by atoms with Gasteiger partial charge in [-0.15, -0.1) is 0 Å². The Bertz CT molecular complexity index is 477. The molecule has 0 unspecified atom stereocenters. The number of morpholine rings is 1. The molecule has 2 saturated heterocycles. The van der Waals surface area contributed by atoms with Gasteiger partial charge in [-0.1, -0.05) is 6.92 Å². The Labute approximate surface area is 125 Å². The van der Waals surface area contributed by atoms with Gasteiger partial charge in [0.25, 0.3) is 5.91 Å². The smallest absolute Gasteiger partial charge is 0.256 e. The number of hydrogen-bond donors (Lipinski definition) is 0. The predicted molar refractivity (Wildman–Crippen MR) is 79.4 cm³/mol. The summed E-state index contributed by atoms with van der Waals surface area (Å²) in [4.78, 5) is 25.1. The van der Waals surface area contributed by atoms with Gasteiger partial charge in [0.2, 0.25) is 5.95 Å². The summed E-state index contributed by atoms with van der Waals surface area (Å²) in [5.74, 6) is 1.45. The third kappa shape index (κ3) is 3.32. The number of anilines is 1. The first-order valence-corrected chi connectivity index (χ1v) is 7.68. The molecule has 3 heterocycles. The van der Waals surface area contributed by atoms with Gasteiger partial charge in [0.15, 0.2) is 0 Å². The number of aromatic nitrogens is 2. The second kappa shape index (κ2) is 6.39. The fourth-order valence-corrected chi connectivity index (χ4v) is 2.75. The van der Waals surface area contributed by atoms with Crippen LogP contribution >= 0.6 is 0 Å². The van der Waals surface area contributed by atoms with Gasteiger partial charge >= 0.3 is 0 Å². The Balaban J connectivity index is 1.64. The molecule has 3 rings (SSSR count). The first kappa shape index (κ1) is 14.3. The first-order valence-electron chi connectivity index (χ1n) is 7.68. The zero-order valence-electron chi connectivity index (χ0n) is 12.5. The molecular weight excluding hydrogens is 268 g/mol. The van der Waals surface area contributed by atoms with Gasteiger partial charge < -0.3 is 14.5 Å². The van der Waals surface area contributed by atoms with E-state index in [0.717, 1.165) is 39.0 Å². The maximum Gasteiger partial charge on any atom is 0.256 e. The molecular formula is C15H22N4O2. The van der Waals surface area contributed by atoms with Gasteiger partial charge in [-0.2, -0.15) is 0 Å². The molecule has 0 atom stereocenters. The van der Waals surface area contributed by atoms with Gasteiger partial charge in [0.05, 0.1) is 18.8 Å². The van der Waals surface area contributed by atoms with E-state index in [1.165, 1.54) is 0 Å². The first-order chi connectivity index (χ1) is 10.2. The molecule has 21 heavy (non-hydrogen) atoms. The molecule has 0 aromatic carbocycles. The largest absolute Gasteiger partial charge is 0.378 e. The quantitative estimate of drug-likeness (QED) is 0.819. The Hall–Kier alpha value is -1.69. The van der Waals surface area contributed by atoms with Crippen molar-refractivity contribution < 1.29 is 9.53 Å². The minimum atomic E-state index is 0.0513. The van der Waals surface area contributed by atoms with E-state index in [1.54, 1.807) is 12.4 Å². The van der Waals surface area contributed by atoms with E-state index in [0.29, 0.717) is 30.6 Å². The molecule has 1 amide bonds. The van der Waals surface area contributed by atoms with Gasteiger partial charge in [-0.25, -0.2) is 9.97 Å². The molecule has 6 nitrogen and oxygen atoms in total. The summed E-state index contributed by atoms with van der Waals surface area (Å²) in [6.07, 6.45) is 5.47. The molecule has 0 N–H and O–H groups in total. The lowest BCUT2D eigenvalue weighted by atomic mass is 9.99. The van der Waals surface area contributed by atoms with Crippen LogP contribution in [0.4, 0.5) is 5.95 Å². The van der Waals surface area contributed by atoms with E-state index in [1.807, 2.05) is 4.90 Å². The number of hydrogen-bond acceptors (Lipinski definition) is 5. The van der Waals surface area contributed by atoms with E-state index in [4.69, 9.17) is 4.74 Å². The Morgan fingerprint density at radius 1 is 1.14 bits per heavy atom. The van der Waals surface area contributed by atoms with Crippen LogP contribution in [0.5, 0.6) is 0 Å². The van der Waals surface area contributed by atoms with Crippen LogP contribution in [0.1, 0.15) is 30.1 Å². The van der Waals surface area contributed by atoms with Crippen LogP contribution in [0.2, 0.25) is 0 Å². The number of carbonyl (C=O) groups excluding carboxylic acids is 1. The van der Waals surface area contributed by atoms with Crippen molar-refractivity contribution in [2.75, 3.05) is 44.3 Å². The van der Waals surface area contributed by atoms with E-state index < -0.39 is 0 Å². The lowest BCUT2D eigenvalue weighted by Crippen LogP contribution is -2.39. The van der Waals surface area contributed by atoms with Crippen molar-refractivity contribution in [1.29, 1.82) is 0 Å². The third-order valence-electron chi connectivity index (χ3n) is 4.25. The third-order valence-corrected chi connectivity index (χ3v) is 4.25. The molecule has 0 bridgehead atoms. The SMILES string of the molecule is CC1CCN(C(=O)c2cnc(N3CCOCC3)nc2)CC1. The van der Waals surface area contributed by atoms with Crippen LogP contribution in [-0.4, -0.2) is 60.2 Å². The summed E-state index contributed by atoms with van der Waals surface area (Å²) in [6.45, 7) is 6.93. The maximum atomic E-state index is 12.4. The Morgan fingerprint density at radius 2 is 1.76 bits per heavy atom. The van der Waals surface area contributed by atoms with Crippen LogP contribution in [0, 0.1) is 5.92 Å². The number of likely N-dealkylation sites (tertiary alicyclic amines) is 1. The normalized spacial score (nSPS) is 20.6. The molecule has 2 fully saturated rings. The number of amides is 1. The molecule has 6 heteroatoms. The van der Waals surface area contributed by atoms with Gasteiger partial charge in [-0.3, -0.25) is 4.79 Å². The Kier molecular flexibility index (Phi) is 4.34. The van der Waals surface area contributed by atoms with E-state index >= 15 is 0 Å². The molecule has 0 radical (unpaired) electrons. The highest BCUT2D eigenvalue weighted by Crippen LogP contribution is 2.18. The lowest BCUT2D eigenvalue weighted by Gasteiger charge is -2.30. The fourth-order valence-electron chi connectivity index (χ4n) is 2.75. The van der Waals surface area contributed by atoms with E-state index in [9.17, 15) is 4.79 Å². The van der Waals surface area contributed by atoms with Crippen molar-refractivity contribution in [3.63, 3.8) is 0 Å². The summed E-state index contributed by atoms with van der Waals surface area (Å²) in [5, 5.41) is 0. The van der Waals surface area contributed by atoms with Crippen molar-refractivity contribution in [2.24, 2.45) is 5.92 Å². The highest BCUT2D eigenvalue weighted by molar-refractivity contribution is 5.93. The average Bonchev–Trinajstić information content (AvgIpc) is 2.56. The van der Waals surface area contributed by atoms with Crippen molar-refractivity contribution in [3.05, 3.63) is 18.0 Å². The minimum absolute atomic E-state index is 0.0513. The monoisotopic (exact) mass is 290 g/mol. The average molecular weight is 290 g/mol. The molecule has 0 spiro atoms. The van der Waals surface area contributed by atoms with Gasteiger partial charge in [0, 0.05) is 38.6 Å². The lowest BCUT2D eigenvalue weighted by molar-refractivity contribution is 0.0696. The highest BCUT2D eigenvalue weighted by atomic mass is 16.5. The van der Waals surface area contributed by atoms with Crippen molar-refractivity contribution in [2.45, 2.75) is 19.8 Å². The summed E-state index contributed by atoms with van der Waals surface area (Å²) in [6, 6.07) is 0.